The number of aromatic nitrogens is 5. The third-order valence-corrected chi connectivity index (χ3v) is 4.39. The predicted molar refractivity (Wildman–Crippen MR) is 108 cm³/mol. The SMILES string of the molecule is CNC(=O)n1ncc2nccc(Nc3cc(-c4cccc(C)n4)ncc3C)c21. The fraction of sp³-hybridized carbons (Fsp3) is 0.150. The quantitative estimate of drug-likeness (QED) is 0.571. The fourth-order valence-electron chi connectivity index (χ4n) is 2.95. The maximum atomic E-state index is 12.1. The molecular formula is C20H19N7O. The summed E-state index contributed by atoms with van der Waals surface area (Å²) < 4.78 is 1.30. The summed E-state index contributed by atoms with van der Waals surface area (Å²) in [6.45, 7) is 3.92. The Morgan fingerprint density at radius 3 is 2.68 bits per heavy atom. The standard InChI is InChI=1S/C20H19N7O/c1-12-10-23-17(14-6-4-5-13(2)25-14)9-16(12)26-15-7-8-22-18-11-24-27(19(15)18)20(28)21-3/h4-11H,1-3H3,(H,21,28)(H,22,23,26). The summed E-state index contributed by atoms with van der Waals surface area (Å²) in [4.78, 5) is 25.5. The van der Waals surface area contributed by atoms with Crippen LogP contribution in [0.3, 0.4) is 0 Å². The molecule has 28 heavy (non-hydrogen) atoms. The molecule has 0 saturated heterocycles. The Labute approximate surface area is 161 Å². The average molecular weight is 373 g/mol. The van der Waals surface area contributed by atoms with Crippen LogP contribution in [0.1, 0.15) is 11.3 Å². The van der Waals surface area contributed by atoms with Gasteiger partial charge in [-0.25, -0.2) is 4.79 Å². The minimum atomic E-state index is -0.331. The van der Waals surface area contributed by atoms with Crippen molar-refractivity contribution in [1.29, 1.82) is 0 Å². The Hall–Kier alpha value is -3.81. The first-order valence-corrected chi connectivity index (χ1v) is 8.79. The third-order valence-electron chi connectivity index (χ3n) is 4.39. The van der Waals surface area contributed by atoms with Gasteiger partial charge in [0.1, 0.15) is 11.0 Å². The van der Waals surface area contributed by atoms with Crippen LogP contribution in [-0.2, 0) is 0 Å². The highest BCUT2D eigenvalue weighted by Crippen LogP contribution is 2.28. The van der Waals surface area contributed by atoms with Crippen molar-refractivity contribution in [1.82, 2.24) is 30.0 Å². The lowest BCUT2D eigenvalue weighted by Gasteiger charge is -2.13. The minimum absolute atomic E-state index is 0.331. The lowest BCUT2D eigenvalue weighted by molar-refractivity contribution is 0.242. The van der Waals surface area contributed by atoms with Gasteiger partial charge in [-0.3, -0.25) is 15.0 Å². The van der Waals surface area contributed by atoms with Gasteiger partial charge in [0, 0.05) is 30.8 Å². The summed E-state index contributed by atoms with van der Waals surface area (Å²) in [6.07, 6.45) is 5.05. The van der Waals surface area contributed by atoms with Crippen molar-refractivity contribution in [3.8, 4) is 11.4 Å². The molecule has 4 heterocycles. The van der Waals surface area contributed by atoms with E-state index in [1.165, 1.54) is 4.68 Å². The van der Waals surface area contributed by atoms with Gasteiger partial charge in [-0.2, -0.15) is 9.78 Å². The normalized spacial score (nSPS) is 10.8. The van der Waals surface area contributed by atoms with E-state index in [1.807, 2.05) is 44.2 Å². The van der Waals surface area contributed by atoms with Crippen LogP contribution in [0.2, 0.25) is 0 Å². The van der Waals surface area contributed by atoms with Gasteiger partial charge in [0.2, 0.25) is 0 Å². The highest BCUT2D eigenvalue weighted by Gasteiger charge is 2.15. The highest BCUT2D eigenvalue weighted by molar-refractivity contribution is 5.96. The fourth-order valence-corrected chi connectivity index (χ4v) is 2.95. The lowest BCUT2D eigenvalue weighted by Crippen LogP contribution is -2.25. The summed E-state index contributed by atoms with van der Waals surface area (Å²) in [5, 5.41) is 10.1. The first-order chi connectivity index (χ1) is 13.6. The molecule has 0 atom stereocenters. The summed E-state index contributed by atoms with van der Waals surface area (Å²) in [7, 11) is 1.56. The van der Waals surface area contributed by atoms with Gasteiger partial charge < -0.3 is 10.6 Å². The molecule has 4 rings (SSSR count). The maximum absolute atomic E-state index is 12.1. The largest absolute Gasteiger partial charge is 0.353 e. The number of pyridine rings is 3. The van der Waals surface area contributed by atoms with Gasteiger partial charge in [-0.05, 0) is 43.7 Å². The zero-order chi connectivity index (χ0) is 19.7. The van der Waals surface area contributed by atoms with E-state index in [9.17, 15) is 4.79 Å². The van der Waals surface area contributed by atoms with Crippen LogP contribution < -0.4 is 10.6 Å². The number of amides is 1. The van der Waals surface area contributed by atoms with Crippen LogP contribution in [0.25, 0.3) is 22.4 Å². The zero-order valence-corrected chi connectivity index (χ0v) is 15.8. The van der Waals surface area contributed by atoms with Crippen molar-refractivity contribution in [3.05, 3.63) is 60.2 Å². The number of carbonyl (C=O) groups is 1. The molecule has 0 aromatic carbocycles. The number of rotatable bonds is 3. The van der Waals surface area contributed by atoms with E-state index in [0.29, 0.717) is 11.0 Å². The first kappa shape index (κ1) is 17.6. The molecule has 0 aliphatic heterocycles. The molecule has 4 aromatic rings. The number of fused-ring (bicyclic) bond motifs is 1. The smallest absolute Gasteiger partial charge is 0.342 e. The number of nitrogens with zero attached hydrogens (tertiary/aromatic N) is 5. The Bertz CT molecular complexity index is 1180. The summed E-state index contributed by atoms with van der Waals surface area (Å²) in [6, 6.07) is 9.27. The Morgan fingerprint density at radius 1 is 1.04 bits per heavy atom. The topological polar surface area (TPSA) is 97.6 Å². The van der Waals surface area contributed by atoms with Gasteiger partial charge in [0.15, 0.2) is 0 Å². The predicted octanol–water partition coefficient (Wildman–Crippen LogP) is 3.44. The third kappa shape index (κ3) is 3.16. The van der Waals surface area contributed by atoms with Gasteiger partial charge in [-0.1, -0.05) is 6.07 Å². The molecule has 0 saturated carbocycles. The lowest BCUT2D eigenvalue weighted by atomic mass is 10.1. The van der Waals surface area contributed by atoms with E-state index in [0.717, 1.165) is 34.0 Å². The maximum Gasteiger partial charge on any atom is 0.342 e. The summed E-state index contributed by atoms with van der Waals surface area (Å²) in [5.41, 5.74) is 6.29. The molecule has 0 unspecified atom stereocenters. The number of anilines is 2. The van der Waals surface area contributed by atoms with Crippen molar-refractivity contribution in [2.24, 2.45) is 0 Å². The van der Waals surface area contributed by atoms with Crippen molar-refractivity contribution < 1.29 is 4.79 Å². The summed E-state index contributed by atoms with van der Waals surface area (Å²) in [5.74, 6) is 0. The number of nitrogens with one attached hydrogen (secondary N) is 2. The van der Waals surface area contributed by atoms with E-state index in [1.54, 1.807) is 25.6 Å². The molecule has 0 fully saturated rings. The molecule has 0 aliphatic carbocycles. The number of carbonyl (C=O) groups excluding carboxylic acids is 1. The van der Waals surface area contributed by atoms with Crippen LogP contribution >= 0.6 is 0 Å². The van der Waals surface area contributed by atoms with E-state index < -0.39 is 0 Å². The molecule has 8 nitrogen and oxygen atoms in total. The highest BCUT2D eigenvalue weighted by atomic mass is 16.2. The van der Waals surface area contributed by atoms with E-state index in [-0.39, 0.29) is 6.03 Å². The van der Waals surface area contributed by atoms with Crippen molar-refractivity contribution >= 4 is 28.4 Å². The van der Waals surface area contributed by atoms with Crippen molar-refractivity contribution in [2.45, 2.75) is 13.8 Å². The van der Waals surface area contributed by atoms with Crippen molar-refractivity contribution in [2.75, 3.05) is 12.4 Å². The van der Waals surface area contributed by atoms with Crippen molar-refractivity contribution in [3.63, 3.8) is 0 Å². The molecule has 8 heteroatoms. The molecule has 0 radical (unpaired) electrons. The van der Waals surface area contributed by atoms with Gasteiger partial charge in [0.05, 0.1) is 23.3 Å². The van der Waals surface area contributed by atoms with E-state index in [2.05, 4.69) is 30.7 Å². The van der Waals surface area contributed by atoms with Crippen LogP contribution in [0.5, 0.6) is 0 Å². The molecule has 0 aliphatic rings. The zero-order valence-electron chi connectivity index (χ0n) is 15.8. The average Bonchev–Trinajstić information content (AvgIpc) is 3.14. The van der Waals surface area contributed by atoms with Gasteiger partial charge in [0.25, 0.3) is 0 Å². The van der Waals surface area contributed by atoms with E-state index in [4.69, 9.17) is 0 Å². The minimum Gasteiger partial charge on any atom is -0.353 e. The van der Waals surface area contributed by atoms with Crippen LogP contribution in [-0.4, -0.2) is 37.8 Å². The van der Waals surface area contributed by atoms with Crippen LogP contribution in [0.15, 0.2) is 48.9 Å². The Morgan fingerprint density at radius 2 is 1.89 bits per heavy atom. The summed E-state index contributed by atoms with van der Waals surface area (Å²) >= 11 is 0. The Balaban J connectivity index is 1.78. The monoisotopic (exact) mass is 373 g/mol. The molecule has 0 spiro atoms. The molecule has 2 N–H and O–H groups in total. The van der Waals surface area contributed by atoms with Crippen LogP contribution in [0.4, 0.5) is 16.2 Å². The molecular weight excluding hydrogens is 354 g/mol. The van der Waals surface area contributed by atoms with Gasteiger partial charge in [-0.15, -0.1) is 0 Å². The molecule has 0 bridgehead atoms. The second-order valence-corrected chi connectivity index (χ2v) is 6.38. The molecule has 4 aromatic heterocycles. The second-order valence-electron chi connectivity index (χ2n) is 6.38. The van der Waals surface area contributed by atoms with Crippen LogP contribution in [0, 0.1) is 13.8 Å². The molecule has 1 amide bonds. The number of hydrogen-bond donors (Lipinski definition) is 2. The number of hydrogen-bond acceptors (Lipinski definition) is 6. The number of aryl methyl sites for hydroxylation is 2. The van der Waals surface area contributed by atoms with E-state index >= 15 is 0 Å². The second kappa shape index (κ2) is 7.07. The first-order valence-electron chi connectivity index (χ1n) is 8.79. The molecule has 140 valence electrons. The van der Waals surface area contributed by atoms with Gasteiger partial charge >= 0.3 is 6.03 Å². The Kier molecular flexibility index (Phi) is 4.44.